The molecule has 0 amide bonds. The fraction of sp³-hybridized carbons (Fsp3) is 0.0769. The number of rotatable bonds is 5. The molecule has 6 nitrogen and oxygen atoms in total. The van der Waals surface area contributed by atoms with E-state index < -0.39 is 5.41 Å². The van der Waals surface area contributed by atoms with Gasteiger partial charge in [-0.05, 0) is 53.6 Å². The van der Waals surface area contributed by atoms with Gasteiger partial charge in [-0.2, -0.15) is 4.68 Å². The zero-order valence-corrected chi connectivity index (χ0v) is 17.3. The van der Waals surface area contributed by atoms with Crippen molar-refractivity contribution >= 4 is 23.5 Å². The van der Waals surface area contributed by atoms with Crippen molar-refractivity contribution in [2.24, 2.45) is 0 Å². The van der Waals surface area contributed by atoms with Gasteiger partial charge in [0, 0.05) is 47.9 Å². The molecule has 6 heteroatoms. The van der Waals surface area contributed by atoms with Crippen LogP contribution in [0.2, 0.25) is 0 Å². The summed E-state index contributed by atoms with van der Waals surface area (Å²) in [5, 5.41) is 7.97. The van der Waals surface area contributed by atoms with E-state index in [2.05, 4.69) is 33.0 Å². The Morgan fingerprint density at radius 1 is 0.969 bits per heavy atom. The Balaban J connectivity index is 1.68. The molecule has 3 aromatic heterocycles. The van der Waals surface area contributed by atoms with E-state index in [4.69, 9.17) is 0 Å². The molecule has 5 rings (SSSR count). The molecule has 0 atom stereocenters. The summed E-state index contributed by atoms with van der Waals surface area (Å²) in [6.07, 6.45) is 13.2. The maximum atomic E-state index is 12.7. The van der Waals surface area contributed by atoms with Crippen LogP contribution < -0.4 is 5.32 Å². The molecule has 1 N–H and O–H groups in total. The fourth-order valence-corrected chi connectivity index (χ4v) is 4.24. The molecule has 4 aromatic rings. The third-order valence-corrected chi connectivity index (χ3v) is 5.81. The van der Waals surface area contributed by atoms with Gasteiger partial charge < -0.3 is 5.32 Å². The molecule has 0 aliphatic heterocycles. The molecule has 0 bridgehead atoms. The summed E-state index contributed by atoms with van der Waals surface area (Å²) in [6, 6.07) is 17.8. The summed E-state index contributed by atoms with van der Waals surface area (Å²) in [7, 11) is 0. The summed E-state index contributed by atoms with van der Waals surface area (Å²) >= 11 is 0. The van der Waals surface area contributed by atoms with Crippen LogP contribution in [0.3, 0.4) is 0 Å². The minimum atomic E-state index is -0.484. The van der Waals surface area contributed by atoms with E-state index in [0.717, 1.165) is 28.1 Å². The highest BCUT2D eigenvalue weighted by atomic mass is 16.2. The van der Waals surface area contributed by atoms with Gasteiger partial charge >= 0.3 is 0 Å². The quantitative estimate of drug-likeness (QED) is 0.471. The van der Waals surface area contributed by atoms with Gasteiger partial charge in [0.15, 0.2) is 5.82 Å². The van der Waals surface area contributed by atoms with Gasteiger partial charge in [-0.1, -0.05) is 36.9 Å². The molecule has 0 radical (unpaired) electrons. The van der Waals surface area contributed by atoms with Gasteiger partial charge in [-0.25, -0.2) is 0 Å². The van der Waals surface area contributed by atoms with Crippen LogP contribution in [0, 0.1) is 0 Å². The second kappa shape index (κ2) is 8.07. The van der Waals surface area contributed by atoms with E-state index in [1.807, 2.05) is 60.7 Å². The third-order valence-electron chi connectivity index (χ3n) is 5.81. The van der Waals surface area contributed by atoms with E-state index in [-0.39, 0.29) is 5.91 Å². The number of pyridine rings is 2. The fourth-order valence-electron chi connectivity index (χ4n) is 4.24. The first-order valence-electron chi connectivity index (χ1n) is 10.3. The van der Waals surface area contributed by atoms with Crippen molar-refractivity contribution in [3.63, 3.8) is 0 Å². The molecule has 0 fully saturated rings. The Morgan fingerprint density at radius 3 is 2.19 bits per heavy atom. The van der Waals surface area contributed by atoms with Crippen molar-refractivity contribution in [3.05, 3.63) is 120 Å². The molecular weight excluding hydrogens is 398 g/mol. The Labute approximate surface area is 186 Å². The summed E-state index contributed by atoms with van der Waals surface area (Å²) in [5.74, 6) is 0.367. The highest BCUT2D eigenvalue weighted by Crippen LogP contribution is 2.43. The smallest absolute Gasteiger partial charge is 0.270 e. The minimum absolute atomic E-state index is 0.268. The van der Waals surface area contributed by atoms with Crippen molar-refractivity contribution in [3.8, 4) is 0 Å². The predicted octanol–water partition coefficient (Wildman–Crippen LogP) is 4.80. The van der Waals surface area contributed by atoms with E-state index in [9.17, 15) is 4.79 Å². The van der Waals surface area contributed by atoms with E-state index in [1.54, 1.807) is 24.8 Å². The van der Waals surface area contributed by atoms with Crippen LogP contribution >= 0.6 is 0 Å². The molecule has 3 heterocycles. The lowest BCUT2D eigenvalue weighted by Gasteiger charge is -2.34. The number of carbonyl (C=O) groups is 1. The number of aromatic nitrogens is 4. The number of carbonyl (C=O) groups excluding carboxylic acids is 1. The third kappa shape index (κ3) is 3.32. The number of anilines is 2. The number of para-hydroxylation sites is 1. The highest BCUT2D eigenvalue weighted by molar-refractivity contribution is 5.91. The summed E-state index contributed by atoms with van der Waals surface area (Å²) in [6.45, 7) is 3.67. The molecule has 0 unspecified atom stereocenters. The van der Waals surface area contributed by atoms with Gasteiger partial charge in [0.05, 0.1) is 5.69 Å². The van der Waals surface area contributed by atoms with Crippen molar-refractivity contribution < 1.29 is 4.79 Å². The summed E-state index contributed by atoms with van der Waals surface area (Å²) in [5.41, 5.74) is 4.29. The number of allylic oxidation sites excluding steroid dienone is 2. The van der Waals surface area contributed by atoms with Crippen LogP contribution in [0.25, 0.3) is 6.08 Å². The summed E-state index contributed by atoms with van der Waals surface area (Å²) in [4.78, 5) is 21.1. The van der Waals surface area contributed by atoms with Crippen LogP contribution in [0.5, 0.6) is 0 Å². The molecule has 0 saturated heterocycles. The maximum absolute atomic E-state index is 12.7. The van der Waals surface area contributed by atoms with E-state index >= 15 is 0 Å². The van der Waals surface area contributed by atoms with Gasteiger partial charge in [-0.15, -0.1) is 5.10 Å². The Hall–Kier alpha value is -4.32. The standard InChI is InChI=1S/C26H21N5O/c1-2-24(32)31-23-18-26(19-9-14-27-15-10-19,20-11-16-28-17-12-20)13-8-22(23)25(30-31)29-21-6-4-3-5-7-21/h2-17H,1,18H2,(H,29,30). The number of benzene rings is 1. The van der Waals surface area contributed by atoms with Crippen LogP contribution in [0.4, 0.5) is 11.5 Å². The second-order valence-corrected chi connectivity index (χ2v) is 7.61. The topological polar surface area (TPSA) is 72.7 Å². The first-order valence-corrected chi connectivity index (χ1v) is 10.3. The Bertz CT molecular complexity index is 1250. The van der Waals surface area contributed by atoms with Crippen LogP contribution in [-0.2, 0) is 11.8 Å². The first kappa shape index (κ1) is 19.6. The number of hydrogen-bond acceptors (Lipinski definition) is 5. The summed E-state index contributed by atoms with van der Waals surface area (Å²) < 4.78 is 1.45. The van der Waals surface area contributed by atoms with Gasteiger partial charge in [0.2, 0.25) is 0 Å². The normalized spacial score (nSPS) is 13.9. The van der Waals surface area contributed by atoms with Crippen molar-refractivity contribution in [2.75, 3.05) is 5.32 Å². The lowest BCUT2D eigenvalue weighted by molar-refractivity contribution is 0.0950. The van der Waals surface area contributed by atoms with Gasteiger partial charge in [0.1, 0.15) is 0 Å². The van der Waals surface area contributed by atoms with Crippen molar-refractivity contribution in [2.45, 2.75) is 11.8 Å². The van der Waals surface area contributed by atoms with Gasteiger partial charge in [0.25, 0.3) is 5.91 Å². The zero-order valence-electron chi connectivity index (χ0n) is 17.3. The van der Waals surface area contributed by atoms with E-state index in [0.29, 0.717) is 12.2 Å². The average molecular weight is 419 g/mol. The molecule has 0 spiro atoms. The van der Waals surface area contributed by atoms with Crippen LogP contribution in [-0.4, -0.2) is 25.7 Å². The van der Waals surface area contributed by atoms with E-state index in [1.165, 1.54) is 10.8 Å². The van der Waals surface area contributed by atoms with Crippen LogP contribution in [0.1, 0.15) is 27.2 Å². The molecule has 32 heavy (non-hydrogen) atoms. The lowest BCUT2D eigenvalue weighted by atomic mass is 9.69. The first-order chi connectivity index (χ1) is 15.7. The monoisotopic (exact) mass is 419 g/mol. The second-order valence-electron chi connectivity index (χ2n) is 7.61. The lowest BCUT2D eigenvalue weighted by Crippen LogP contribution is -2.32. The van der Waals surface area contributed by atoms with Crippen molar-refractivity contribution in [1.82, 2.24) is 19.7 Å². The predicted molar refractivity (Wildman–Crippen MR) is 125 cm³/mol. The molecule has 1 aromatic carbocycles. The van der Waals surface area contributed by atoms with Gasteiger partial charge in [-0.3, -0.25) is 14.8 Å². The maximum Gasteiger partial charge on any atom is 0.270 e. The number of fused-ring (bicyclic) bond motifs is 1. The minimum Gasteiger partial charge on any atom is -0.338 e. The molecule has 156 valence electrons. The van der Waals surface area contributed by atoms with Crippen molar-refractivity contribution in [1.29, 1.82) is 0 Å². The molecule has 0 saturated carbocycles. The molecule has 1 aliphatic carbocycles. The number of nitrogens with zero attached hydrogens (tertiary/aromatic N) is 4. The molecular formula is C26H21N5O. The number of hydrogen-bond donors (Lipinski definition) is 1. The molecule has 1 aliphatic rings. The zero-order chi connectivity index (χ0) is 22.0. The van der Waals surface area contributed by atoms with Crippen LogP contribution in [0.15, 0.2) is 98.1 Å². The SMILES string of the molecule is C=CC(=O)n1nc(Nc2ccccc2)c2c1CC(c1ccncc1)(c1ccncc1)C=C2. The largest absolute Gasteiger partial charge is 0.338 e. The number of nitrogens with one attached hydrogen (secondary N) is 1. The highest BCUT2D eigenvalue weighted by Gasteiger charge is 2.38. The Kier molecular flexibility index (Phi) is 4.95. The Morgan fingerprint density at radius 2 is 1.59 bits per heavy atom. The average Bonchev–Trinajstić information content (AvgIpc) is 3.22.